The normalized spacial score (nSPS) is 17.8. The van der Waals surface area contributed by atoms with Gasteiger partial charge in [-0.2, -0.15) is 0 Å². The lowest BCUT2D eigenvalue weighted by atomic mass is 9.85. The lowest BCUT2D eigenvalue weighted by molar-refractivity contribution is 0.248. The highest BCUT2D eigenvalue weighted by Gasteiger charge is 2.29. The number of nitrogens with zero attached hydrogens (tertiary/aromatic N) is 5. The molecule has 0 N–H and O–H groups in total. The lowest BCUT2D eigenvalue weighted by Gasteiger charge is -2.30. The Hall–Kier alpha value is -1.78. The van der Waals surface area contributed by atoms with Crippen LogP contribution in [0.5, 0.6) is 0 Å². The molecule has 17 heavy (non-hydrogen) atoms. The molecule has 1 aliphatic heterocycles. The summed E-state index contributed by atoms with van der Waals surface area (Å²) in [5.74, 6) is 2.49. The molecule has 5 heteroatoms. The standard InChI is InChI=1S/C12H15N5/c1-12(2)5-4-9-15-16-11(17(9)8-12)10-13-6-3-7-14-10/h3,6-7H,4-5,8H2,1-2H3. The SMILES string of the molecule is CC1(C)CCc2nnc(-c3ncccn3)n2C1. The molecule has 0 saturated carbocycles. The van der Waals surface area contributed by atoms with Gasteiger partial charge in [-0.3, -0.25) is 0 Å². The van der Waals surface area contributed by atoms with E-state index in [-0.39, 0.29) is 0 Å². The third-order valence-corrected chi connectivity index (χ3v) is 3.20. The van der Waals surface area contributed by atoms with Crippen molar-refractivity contribution in [3.05, 3.63) is 24.3 Å². The lowest BCUT2D eigenvalue weighted by Crippen LogP contribution is -2.27. The summed E-state index contributed by atoms with van der Waals surface area (Å²) in [6.07, 6.45) is 5.60. The van der Waals surface area contributed by atoms with Gasteiger partial charge >= 0.3 is 0 Å². The van der Waals surface area contributed by atoms with Crippen LogP contribution in [0, 0.1) is 5.41 Å². The van der Waals surface area contributed by atoms with Gasteiger partial charge in [-0.1, -0.05) is 13.8 Å². The van der Waals surface area contributed by atoms with E-state index in [1.54, 1.807) is 18.5 Å². The Morgan fingerprint density at radius 3 is 2.71 bits per heavy atom. The molecule has 2 aromatic rings. The second-order valence-electron chi connectivity index (χ2n) is 5.26. The molecule has 0 saturated heterocycles. The minimum atomic E-state index is 0.291. The molecule has 0 atom stereocenters. The second-order valence-corrected chi connectivity index (χ2v) is 5.26. The van der Waals surface area contributed by atoms with Crippen molar-refractivity contribution in [3.8, 4) is 11.6 Å². The van der Waals surface area contributed by atoms with Gasteiger partial charge in [0.2, 0.25) is 5.82 Å². The molecule has 0 unspecified atom stereocenters. The van der Waals surface area contributed by atoms with Crippen LogP contribution < -0.4 is 0 Å². The van der Waals surface area contributed by atoms with Gasteiger partial charge in [0.05, 0.1) is 0 Å². The van der Waals surface area contributed by atoms with Crippen molar-refractivity contribution in [1.29, 1.82) is 0 Å². The molecule has 0 amide bonds. The van der Waals surface area contributed by atoms with Crippen LogP contribution in [0.1, 0.15) is 26.1 Å². The summed E-state index contributed by atoms with van der Waals surface area (Å²) in [6.45, 7) is 5.47. The van der Waals surface area contributed by atoms with E-state index in [1.807, 2.05) is 0 Å². The summed E-state index contributed by atoms with van der Waals surface area (Å²) < 4.78 is 2.15. The molecule has 0 aliphatic carbocycles. The van der Waals surface area contributed by atoms with Crippen molar-refractivity contribution < 1.29 is 0 Å². The Morgan fingerprint density at radius 1 is 1.18 bits per heavy atom. The fourth-order valence-electron chi connectivity index (χ4n) is 2.22. The number of hydrogen-bond donors (Lipinski definition) is 0. The predicted octanol–water partition coefficient (Wildman–Crippen LogP) is 1.71. The van der Waals surface area contributed by atoms with Crippen LogP contribution in [-0.4, -0.2) is 24.7 Å². The van der Waals surface area contributed by atoms with Crippen LogP contribution in [-0.2, 0) is 13.0 Å². The van der Waals surface area contributed by atoms with Crippen molar-refractivity contribution in [2.75, 3.05) is 0 Å². The van der Waals surface area contributed by atoms with E-state index in [0.717, 1.165) is 31.0 Å². The smallest absolute Gasteiger partial charge is 0.201 e. The Labute approximate surface area is 99.9 Å². The number of aryl methyl sites for hydroxylation is 1. The van der Waals surface area contributed by atoms with Gasteiger partial charge < -0.3 is 4.57 Å². The Morgan fingerprint density at radius 2 is 1.94 bits per heavy atom. The molecule has 0 radical (unpaired) electrons. The van der Waals surface area contributed by atoms with E-state index in [2.05, 4.69) is 38.6 Å². The minimum Gasteiger partial charge on any atom is -0.308 e. The molecule has 3 heterocycles. The fraction of sp³-hybridized carbons (Fsp3) is 0.500. The maximum absolute atomic E-state index is 4.24. The zero-order valence-electron chi connectivity index (χ0n) is 10.1. The zero-order chi connectivity index (χ0) is 11.9. The van der Waals surface area contributed by atoms with Gasteiger partial charge in [-0.05, 0) is 17.9 Å². The third-order valence-electron chi connectivity index (χ3n) is 3.20. The molecule has 0 fully saturated rings. The van der Waals surface area contributed by atoms with E-state index in [0.29, 0.717) is 11.2 Å². The highest BCUT2D eigenvalue weighted by Crippen LogP contribution is 2.32. The first-order chi connectivity index (χ1) is 8.16. The highest BCUT2D eigenvalue weighted by molar-refractivity contribution is 5.43. The van der Waals surface area contributed by atoms with Crippen molar-refractivity contribution in [3.63, 3.8) is 0 Å². The van der Waals surface area contributed by atoms with E-state index < -0.39 is 0 Å². The average Bonchev–Trinajstić information content (AvgIpc) is 2.71. The number of hydrogen-bond acceptors (Lipinski definition) is 4. The molecule has 5 nitrogen and oxygen atoms in total. The number of rotatable bonds is 1. The second kappa shape index (κ2) is 3.61. The highest BCUT2D eigenvalue weighted by atomic mass is 15.3. The maximum Gasteiger partial charge on any atom is 0.201 e. The topological polar surface area (TPSA) is 56.5 Å². The van der Waals surface area contributed by atoms with E-state index in [9.17, 15) is 0 Å². The van der Waals surface area contributed by atoms with Crippen molar-refractivity contribution in [2.45, 2.75) is 33.2 Å². The molecule has 0 spiro atoms. The first kappa shape index (κ1) is 10.4. The fourth-order valence-corrected chi connectivity index (χ4v) is 2.22. The van der Waals surface area contributed by atoms with E-state index >= 15 is 0 Å². The van der Waals surface area contributed by atoms with E-state index in [1.165, 1.54) is 0 Å². The van der Waals surface area contributed by atoms with Gasteiger partial charge in [0, 0.05) is 25.4 Å². The molecule has 88 valence electrons. The van der Waals surface area contributed by atoms with Gasteiger partial charge in [0.15, 0.2) is 5.82 Å². The minimum absolute atomic E-state index is 0.291. The Balaban J connectivity index is 2.07. The van der Waals surface area contributed by atoms with Crippen molar-refractivity contribution in [2.24, 2.45) is 5.41 Å². The summed E-state index contributed by atoms with van der Waals surface area (Å²) >= 11 is 0. The quantitative estimate of drug-likeness (QED) is 0.747. The molecule has 3 rings (SSSR count). The summed E-state index contributed by atoms with van der Waals surface area (Å²) in [6, 6.07) is 1.81. The molecule has 0 bridgehead atoms. The Kier molecular flexibility index (Phi) is 2.21. The van der Waals surface area contributed by atoms with Crippen LogP contribution >= 0.6 is 0 Å². The zero-order valence-corrected chi connectivity index (χ0v) is 10.1. The van der Waals surface area contributed by atoms with Gasteiger partial charge in [-0.15, -0.1) is 10.2 Å². The van der Waals surface area contributed by atoms with Crippen LogP contribution in [0.3, 0.4) is 0 Å². The average molecular weight is 229 g/mol. The van der Waals surface area contributed by atoms with Crippen molar-refractivity contribution >= 4 is 0 Å². The molecule has 1 aliphatic rings. The van der Waals surface area contributed by atoms with Crippen LogP contribution in [0.2, 0.25) is 0 Å². The monoisotopic (exact) mass is 229 g/mol. The summed E-state index contributed by atoms with van der Waals surface area (Å²) in [5, 5.41) is 8.45. The van der Waals surface area contributed by atoms with Crippen molar-refractivity contribution in [1.82, 2.24) is 24.7 Å². The van der Waals surface area contributed by atoms with Gasteiger partial charge in [-0.25, -0.2) is 9.97 Å². The maximum atomic E-state index is 4.24. The first-order valence-corrected chi connectivity index (χ1v) is 5.85. The first-order valence-electron chi connectivity index (χ1n) is 5.85. The van der Waals surface area contributed by atoms with E-state index in [4.69, 9.17) is 0 Å². The molecule has 0 aromatic carbocycles. The molecular formula is C12H15N5. The van der Waals surface area contributed by atoms with Crippen LogP contribution in [0.4, 0.5) is 0 Å². The summed E-state index contributed by atoms with van der Waals surface area (Å²) in [7, 11) is 0. The van der Waals surface area contributed by atoms with Gasteiger partial charge in [0.1, 0.15) is 5.82 Å². The number of fused-ring (bicyclic) bond motifs is 1. The predicted molar refractivity (Wildman–Crippen MR) is 63.2 cm³/mol. The van der Waals surface area contributed by atoms with Gasteiger partial charge in [0.25, 0.3) is 0 Å². The Bertz CT molecular complexity index is 529. The molecular weight excluding hydrogens is 214 g/mol. The van der Waals surface area contributed by atoms with Crippen LogP contribution in [0.15, 0.2) is 18.5 Å². The van der Waals surface area contributed by atoms with Crippen LogP contribution in [0.25, 0.3) is 11.6 Å². The molecule has 2 aromatic heterocycles. The summed E-state index contributed by atoms with van der Waals surface area (Å²) in [5.41, 5.74) is 0.291. The number of aromatic nitrogens is 5. The summed E-state index contributed by atoms with van der Waals surface area (Å²) in [4.78, 5) is 8.49. The third kappa shape index (κ3) is 1.81. The largest absolute Gasteiger partial charge is 0.308 e.